The van der Waals surface area contributed by atoms with Crippen molar-refractivity contribution >= 4 is 45.6 Å². The molecule has 0 atom stereocenters. The average molecular weight is 600 g/mol. The van der Waals surface area contributed by atoms with Crippen LogP contribution in [0.2, 0.25) is 0 Å². The number of halogens is 1. The van der Waals surface area contributed by atoms with Crippen molar-refractivity contribution in [1.29, 1.82) is 0 Å². The molecule has 0 bridgehead atoms. The first-order valence-corrected chi connectivity index (χ1v) is 12.3. The number of nitrogens with zero attached hydrogens (tertiary/aromatic N) is 2. The van der Waals surface area contributed by atoms with Crippen molar-refractivity contribution in [3.8, 4) is 11.5 Å². The lowest BCUT2D eigenvalue weighted by atomic mass is 10.1. The van der Waals surface area contributed by atoms with Gasteiger partial charge in [0.1, 0.15) is 18.1 Å². The molecule has 202 valence electrons. The van der Waals surface area contributed by atoms with Crippen LogP contribution in [0.4, 0.5) is 10.5 Å². The Bertz CT molecular complexity index is 1460. The normalized spacial score (nSPS) is 13.9. The summed E-state index contributed by atoms with van der Waals surface area (Å²) in [7, 11) is 1.21. The second-order valence-electron chi connectivity index (χ2n) is 8.10. The highest BCUT2D eigenvalue weighted by Gasteiger charge is 2.34. The molecule has 12 nitrogen and oxygen atoms in total. The largest absolute Gasteiger partial charge is 0.490 e. The Labute approximate surface area is 230 Å². The zero-order chi connectivity index (χ0) is 28.1. The number of hydrogen-bond donors (Lipinski definition) is 1. The van der Waals surface area contributed by atoms with Gasteiger partial charge in [0.15, 0.2) is 11.5 Å². The number of non-ortho nitro benzene ring substituents is 1. The van der Waals surface area contributed by atoms with Gasteiger partial charge < -0.3 is 23.9 Å². The monoisotopic (exact) mass is 599 g/mol. The zero-order valence-electron chi connectivity index (χ0n) is 20.8. The number of nitrogens with one attached hydrogen (secondary N) is 1. The van der Waals surface area contributed by atoms with Gasteiger partial charge in [0.25, 0.3) is 11.6 Å². The average Bonchev–Trinajstić information content (AvgIpc) is 3.49. The van der Waals surface area contributed by atoms with Gasteiger partial charge in [-0.1, -0.05) is 15.9 Å². The highest BCUT2D eigenvalue weighted by atomic mass is 79.9. The Hall–Kier alpha value is -4.65. The van der Waals surface area contributed by atoms with Gasteiger partial charge in [0.2, 0.25) is 5.76 Å². The van der Waals surface area contributed by atoms with Crippen LogP contribution in [0, 0.1) is 10.1 Å². The molecule has 0 radical (unpaired) electrons. The number of carbonyl (C=O) groups is 3. The van der Waals surface area contributed by atoms with Crippen molar-refractivity contribution < 1.29 is 37.9 Å². The number of nitro benzene ring substituents is 1. The summed E-state index contributed by atoms with van der Waals surface area (Å²) in [5, 5.41) is 13.4. The van der Waals surface area contributed by atoms with E-state index in [9.17, 15) is 24.5 Å². The van der Waals surface area contributed by atoms with E-state index in [0.29, 0.717) is 28.1 Å². The van der Waals surface area contributed by atoms with Gasteiger partial charge in [-0.15, -0.1) is 0 Å². The maximum absolute atomic E-state index is 13.0. The van der Waals surface area contributed by atoms with Crippen molar-refractivity contribution in [2.45, 2.75) is 20.1 Å². The summed E-state index contributed by atoms with van der Waals surface area (Å²) in [5.41, 5.74) is 1.27. The van der Waals surface area contributed by atoms with Gasteiger partial charge in [-0.25, -0.2) is 9.59 Å². The summed E-state index contributed by atoms with van der Waals surface area (Å²) in [6.07, 6.45) is 1.49. The molecular formula is C26H22BrN3O9. The van der Waals surface area contributed by atoms with Crippen LogP contribution in [0.5, 0.6) is 11.5 Å². The standard InChI is InChI=1S/C26H22BrN3O9/c1-3-37-22-11-16(19(27)12-23(22)38-14-15-4-6-17(7-5-15)30(34)35)10-20-24(31)29(26(33)28-20)13-18-8-9-21(39-18)25(32)36-2/h4-12H,3,13-14H2,1-2H3,(H,28,33)/b20-10-. The molecule has 1 N–H and O–H groups in total. The van der Waals surface area contributed by atoms with Crippen LogP contribution in [-0.4, -0.2) is 41.4 Å². The minimum Gasteiger partial charge on any atom is -0.490 e. The smallest absolute Gasteiger partial charge is 0.373 e. The summed E-state index contributed by atoms with van der Waals surface area (Å²) in [6.45, 7) is 2.10. The van der Waals surface area contributed by atoms with Crippen molar-refractivity contribution in [2.24, 2.45) is 0 Å². The van der Waals surface area contributed by atoms with E-state index in [1.807, 2.05) is 0 Å². The number of furan rings is 1. The van der Waals surface area contributed by atoms with Crippen molar-refractivity contribution in [1.82, 2.24) is 10.2 Å². The first kappa shape index (κ1) is 27.4. The number of ether oxygens (including phenoxy) is 3. The molecule has 1 aromatic heterocycles. The number of esters is 1. The van der Waals surface area contributed by atoms with Gasteiger partial charge in [0.05, 0.1) is 25.2 Å². The number of imide groups is 1. The molecule has 0 aliphatic carbocycles. The van der Waals surface area contributed by atoms with Crippen LogP contribution in [-0.2, 0) is 22.7 Å². The summed E-state index contributed by atoms with van der Waals surface area (Å²) >= 11 is 3.47. The quantitative estimate of drug-likeness (QED) is 0.114. The Kier molecular flexibility index (Phi) is 8.30. The topological polar surface area (TPSA) is 150 Å². The first-order valence-electron chi connectivity index (χ1n) is 11.5. The van der Waals surface area contributed by atoms with E-state index in [1.54, 1.807) is 31.2 Å². The zero-order valence-corrected chi connectivity index (χ0v) is 22.4. The van der Waals surface area contributed by atoms with Crippen LogP contribution in [0.3, 0.4) is 0 Å². The van der Waals surface area contributed by atoms with E-state index >= 15 is 0 Å². The predicted molar refractivity (Wildman–Crippen MR) is 140 cm³/mol. The Morgan fingerprint density at radius 1 is 1.13 bits per heavy atom. The lowest BCUT2D eigenvalue weighted by Crippen LogP contribution is -2.30. The third-order valence-corrected chi connectivity index (χ3v) is 6.22. The van der Waals surface area contributed by atoms with Gasteiger partial charge >= 0.3 is 12.0 Å². The SMILES string of the molecule is CCOc1cc(/C=C2\NC(=O)N(Cc3ccc(C(=O)OC)o3)C2=O)c(Br)cc1OCc1ccc([N+](=O)[O-])cc1. The summed E-state index contributed by atoms with van der Waals surface area (Å²) < 4.78 is 22.1. The third-order valence-electron chi connectivity index (χ3n) is 5.53. The van der Waals surface area contributed by atoms with E-state index in [4.69, 9.17) is 13.9 Å². The molecule has 2 aromatic carbocycles. The summed E-state index contributed by atoms with van der Waals surface area (Å²) in [5.74, 6) is -0.262. The fraction of sp³-hybridized carbons (Fsp3) is 0.192. The van der Waals surface area contributed by atoms with Gasteiger partial charge in [-0.05, 0) is 60.5 Å². The lowest BCUT2D eigenvalue weighted by Gasteiger charge is -2.14. The van der Waals surface area contributed by atoms with Crippen LogP contribution >= 0.6 is 15.9 Å². The third kappa shape index (κ3) is 6.26. The highest BCUT2D eigenvalue weighted by Crippen LogP contribution is 2.36. The fourth-order valence-electron chi connectivity index (χ4n) is 3.62. The molecule has 1 saturated heterocycles. The Balaban J connectivity index is 1.51. The second kappa shape index (κ2) is 11.8. The van der Waals surface area contributed by atoms with E-state index in [2.05, 4.69) is 26.0 Å². The molecule has 4 rings (SSSR count). The number of carbonyl (C=O) groups excluding carboxylic acids is 3. The number of nitro groups is 1. The van der Waals surface area contributed by atoms with Crippen molar-refractivity contribution in [3.63, 3.8) is 0 Å². The molecule has 39 heavy (non-hydrogen) atoms. The molecule has 1 aliphatic heterocycles. The van der Waals surface area contributed by atoms with Gasteiger partial charge in [-0.3, -0.25) is 19.8 Å². The van der Waals surface area contributed by atoms with Crippen LogP contribution in [0.15, 0.2) is 63.1 Å². The maximum atomic E-state index is 13.0. The van der Waals surface area contributed by atoms with Gasteiger partial charge in [0, 0.05) is 16.6 Å². The minimum absolute atomic E-state index is 0.0175. The number of benzene rings is 2. The van der Waals surface area contributed by atoms with E-state index in [1.165, 1.54) is 37.5 Å². The van der Waals surface area contributed by atoms with Crippen molar-refractivity contribution in [3.05, 3.63) is 91.5 Å². The molecule has 3 amide bonds. The lowest BCUT2D eigenvalue weighted by molar-refractivity contribution is -0.384. The molecule has 0 unspecified atom stereocenters. The highest BCUT2D eigenvalue weighted by molar-refractivity contribution is 9.10. The Morgan fingerprint density at radius 3 is 2.51 bits per heavy atom. The van der Waals surface area contributed by atoms with Crippen molar-refractivity contribution in [2.75, 3.05) is 13.7 Å². The number of methoxy groups -OCH3 is 1. The summed E-state index contributed by atoms with van der Waals surface area (Å²) in [4.78, 5) is 48.4. The fourth-order valence-corrected chi connectivity index (χ4v) is 4.05. The number of urea groups is 1. The van der Waals surface area contributed by atoms with E-state index < -0.39 is 22.8 Å². The maximum Gasteiger partial charge on any atom is 0.373 e. The molecule has 2 heterocycles. The minimum atomic E-state index is -0.672. The number of rotatable bonds is 10. The molecule has 0 spiro atoms. The Morgan fingerprint density at radius 2 is 1.85 bits per heavy atom. The molecule has 0 saturated carbocycles. The predicted octanol–water partition coefficient (Wildman–Crippen LogP) is 4.81. The number of hydrogen-bond acceptors (Lipinski definition) is 9. The molecule has 1 aliphatic rings. The van der Waals surface area contributed by atoms with E-state index in [0.717, 1.165) is 10.5 Å². The van der Waals surface area contributed by atoms with E-state index in [-0.39, 0.29) is 36.1 Å². The molecule has 13 heteroatoms. The van der Waals surface area contributed by atoms with Crippen LogP contribution < -0.4 is 14.8 Å². The molecule has 1 fully saturated rings. The molecule has 3 aromatic rings. The first-order chi connectivity index (χ1) is 18.7. The number of amides is 3. The van der Waals surface area contributed by atoms with Gasteiger partial charge in [-0.2, -0.15) is 0 Å². The second-order valence-corrected chi connectivity index (χ2v) is 8.96. The molecular weight excluding hydrogens is 578 g/mol. The van der Waals surface area contributed by atoms with Crippen LogP contribution in [0.25, 0.3) is 6.08 Å². The summed E-state index contributed by atoms with van der Waals surface area (Å²) in [6, 6.07) is 11.6. The van der Waals surface area contributed by atoms with Crippen LogP contribution in [0.1, 0.15) is 34.4 Å².